The van der Waals surface area contributed by atoms with E-state index >= 15 is 0 Å². The molecule has 2 N–H and O–H groups in total. The van der Waals surface area contributed by atoms with Crippen LogP contribution in [0.2, 0.25) is 0 Å². The monoisotopic (exact) mass is 518 g/mol. The Morgan fingerprint density at radius 1 is 1.32 bits per heavy atom. The number of anilines is 2. The van der Waals surface area contributed by atoms with Gasteiger partial charge in [0.2, 0.25) is 0 Å². The Morgan fingerprint density at radius 2 is 2.13 bits per heavy atom. The summed E-state index contributed by atoms with van der Waals surface area (Å²) in [5.74, 6) is -0.317. The first-order valence-corrected chi connectivity index (χ1v) is 12.0. The van der Waals surface area contributed by atoms with Gasteiger partial charge in [0.05, 0.1) is 35.1 Å². The smallest absolute Gasteiger partial charge is 0.341 e. The number of fused-ring (bicyclic) bond motifs is 1. The van der Waals surface area contributed by atoms with E-state index in [1.54, 1.807) is 11.3 Å². The fraction of sp³-hybridized carbons (Fsp3) is 0.318. The minimum atomic E-state index is -0.317. The highest BCUT2D eigenvalue weighted by molar-refractivity contribution is 9.10. The van der Waals surface area contributed by atoms with E-state index in [1.165, 1.54) is 12.0 Å². The van der Waals surface area contributed by atoms with Crippen molar-refractivity contribution in [3.8, 4) is 0 Å². The number of nitrogens with one attached hydrogen (secondary N) is 2. The molecule has 2 heterocycles. The number of hydrogen-bond acceptors (Lipinski definition) is 5. The van der Waals surface area contributed by atoms with Gasteiger partial charge in [0, 0.05) is 10.6 Å². The van der Waals surface area contributed by atoms with Crippen molar-refractivity contribution in [1.29, 1.82) is 0 Å². The van der Waals surface area contributed by atoms with Gasteiger partial charge < -0.3 is 15.4 Å². The molecule has 0 bridgehead atoms. The quantitative estimate of drug-likeness (QED) is 0.345. The number of thiophene rings is 1. The van der Waals surface area contributed by atoms with Gasteiger partial charge in [-0.3, -0.25) is 4.68 Å². The zero-order valence-electron chi connectivity index (χ0n) is 17.5. The Hall–Kier alpha value is -2.23. The van der Waals surface area contributed by atoms with Gasteiger partial charge in [-0.2, -0.15) is 5.10 Å². The van der Waals surface area contributed by atoms with E-state index in [0.717, 1.165) is 56.9 Å². The predicted octanol–water partition coefficient (Wildman–Crippen LogP) is 5.46. The summed E-state index contributed by atoms with van der Waals surface area (Å²) in [5.41, 5.74) is 5.76. The molecule has 1 aliphatic rings. The van der Waals surface area contributed by atoms with Crippen LogP contribution in [0.1, 0.15) is 44.2 Å². The molecule has 9 heteroatoms. The lowest BCUT2D eigenvalue weighted by Gasteiger charge is -2.12. The molecule has 162 valence electrons. The summed E-state index contributed by atoms with van der Waals surface area (Å²) in [6.07, 6.45) is 2.98. The van der Waals surface area contributed by atoms with E-state index in [1.807, 2.05) is 36.7 Å². The number of carbonyl (C=O) groups is 1. The molecule has 0 amide bonds. The second-order valence-electron chi connectivity index (χ2n) is 7.48. The average molecular weight is 519 g/mol. The van der Waals surface area contributed by atoms with E-state index in [4.69, 9.17) is 17.0 Å². The molecular formula is C22H23BrN4O2S2. The van der Waals surface area contributed by atoms with Crippen molar-refractivity contribution >= 4 is 61.3 Å². The summed E-state index contributed by atoms with van der Waals surface area (Å²) in [6, 6.07) is 8.06. The Bertz CT molecular complexity index is 1170. The van der Waals surface area contributed by atoms with Crippen molar-refractivity contribution in [1.82, 2.24) is 9.78 Å². The molecule has 31 heavy (non-hydrogen) atoms. The summed E-state index contributed by atoms with van der Waals surface area (Å²) >= 11 is 10.7. The maximum absolute atomic E-state index is 12.3. The highest BCUT2D eigenvalue weighted by Gasteiger charge is 2.27. The molecule has 2 aromatic heterocycles. The van der Waals surface area contributed by atoms with E-state index in [2.05, 4.69) is 37.7 Å². The van der Waals surface area contributed by atoms with Crippen LogP contribution in [0.25, 0.3) is 0 Å². The number of ether oxygens (including phenoxy) is 1. The van der Waals surface area contributed by atoms with E-state index in [9.17, 15) is 4.79 Å². The van der Waals surface area contributed by atoms with Crippen molar-refractivity contribution in [2.24, 2.45) is 0 Å². The van der Waals surface area contributed by atoms with E-state index in [0.29, 0.717) is 17.2 Å². The molecule has 3 aromatic rings. The standard InChI is InChI=1S/C22H23BrN4O2S2/c1-12-19(23)13(2)27(26-12)11-14-6-4-7-15(10-14)24-22(30)25-20-18(21(28)29-3)16-8-5-9-17(16)31-20/h4,6-7,10H,5,8-9,11H2,1-3H3,(H2,24,25,30). The predicted molar refractivity (Wildman–Crippen MR) is 132 cm³/mol. The number of aromatic nitrogens is 2. The van der Waals surface area contributed by atoms with Crippen LogP contribution in [0.4, 0.5) is 10.7 Å². The van der Waals surface area contributed by atoms with Crippen LogP contribution in [0.5, 0.6) is 0 Å². The van der Waals surface area contributed by atoms with Crippen LogP contribution in [0.3, 0.4) is 0 Å². The maximum atomic E-state index is 12.3. The maximum Gasteiger partial charge on any atom is 0.341 e. The molecule has 0 spiro atoms. The third-order valence-electron chi connectivity index (χ3n) is 5.35. The molecule has 0 fully saturated rings. The zero-order valence-corrected chi connectivity index (χ0v) is 20.8. The minimum Gasteiger partial charge on any atom is -0.465 e. The molecule has 0 aliphatic heterocycles. The van der Waals surface area contributed by atoms with Crippen molar-refractivity contribution in [2.75, 3.05) is 17.7 Å². The van der Waals surface area contributed by atoms with Gasteiger partial charge >= 0.3 is 5.97 Å². The number of rotatable bonds is 5. The SMILES string of the molecule is COC(=O)c1c(NC(=S)Nc2cccc(Cn3nc(C)c(Br)c3C)c2)sc2c1CCC2. The van der Waals surface area contributed by atoms with Gasteiger partial charge in [0.15, 0.2) is 5.11 Å². The number of methoxy groups -OCH3 is 1. The van der Waals surface area contributed by atoms with Crippen LogP contribution in [-0.2, 0) is 24.1 Å². The molecule has 0 saturated carbocycles. The number of halogens is 1. The highest BCUT2D eigenvalue weighted by Crippen LogP contribution is 2.39. The fourth-order valence-corrected chi connectivity index (χ4v) is 5.68. The first kappa shape index (κ1) is 22.0. The number of esters is 1. The highest BCUT2D eigenvalue weighted by atomic mass is 79.9. The van der Waals surface area contributed by atoms with Crippen LogP contribution < -0.4 is 10.6 Å². The molecule has 0 atom stereocenters. The fourth-order valence-electron chi connectivity index (χ4n) is 3.83. The number of aryl methyl sites for hydroxylation is 2. The van der Waals surface area contributed by atoms with Gasteiger partial charge in [0.1, 0.15) is 5.00 Å². The second-order valence-corrected chi connectivity index (χ2v) is 9.78. The second kappa shape index (κ2) is 9.10. The third-order valence-corrected chi connectivity index (χ3v) is 7.91. The molecule has 0 radical (unpaired) electrons. The Labute approximate surface area is 199 Å². The molecular weight excluding hydrogens is 496 g/mol. The normalized spacial score (nSPS) is 12.5. The van der Waals surface area contributed by atoms with Gasteiger partial charge in [-0.15, -0.1) is 11.3 Å². The van der Waals surface area contributed by atoms with Crippen LogP contribution in [0, 0.1) is 13.8 Å². The number of nitrogens with zero attached hydrogens (tertiary/aromatic N) is 2. The molecule has 6 nitrogen and oxygen atoms in total. The minimum absolute atomic E-state index is 0.317. The van der Waals surface area contributed by atoms with Crippen molar-refractivity contribution in [2.45, 2.75) is 39.7 Å². The number of hydrogen-bond donors (Lipinski definition) is 2. The van der Waals surface area contributed by atoms with Crippen molar-refractivity contribution < 1.29 is 9.53 Å². The average Bonchev–Trinajstić information content (AvgIpc) is 3.38. The van der Waals surface area contributed by atoms with Gasteiger partial charge in [-0.05, 0) is 84.5 Å². The van der Waals surface area contributed by atoms with Crippen LogP contribution in [0.15, 0.2) is 28.7 Å². The Kier molecular flexibility index (Phi) is 6.45. The lowest BCUT2D eigenvalue weighted by molar-refractivity contribution is 0.0601. The van der Waals surface area contributed by atoms with Crippen molar-refractivity contribution in [3.63, 3.8) is 0 Å². The first-order valence-electron chi connectivity index (χ1n) is 9.96. The summed E-state index contributed by atoms with van der Waals surface area (Å²) in [7, 11) is 1.41. The largest absolute Gasteiger partial charge is 0.465 e. The summed E-state index contributed by atoms with van der Waals surface area (Å²) in [5, 5.41) is 12.2. The number of carbonyl (C=O) groups excluding carboxylic acids is 1. The Balaban J connectivity index is 1.48. The van der Waals surface area contributed by atoms with Gasteiger partial charge in [0.25, 0.3) is 0 Å². The lowest BCUT2D eigenvalue weighted by atomic mass is 10.1. The molecule has 0 unspecified atom stereocenters. The van der Waals surface area contributed by atoms with E-state index < -0.39 is 0 Å². The lowest BCUT2D eigenvalue weighted by Crippen LogP contribution is -2.20. The molecule has 4 rings (SSSR count). The molecule has 1 aromatic carbocycles. The molecule has 0 saturated heterocycles. The van der Waals surface area contributed by atoms with Crippen molar-refractivity contribution in [3.05, 3.63) is 61.7 Å². The number of benzene rings is 1. The third kappa shape index (κ3) is 4.53. The molecule has 1 aliphatic carbocycles. The van der Waals surface area contributed by atoms with E-state index in [-0.39, 0.29) is 5.97 Å². The Morgan fingerprint density at radius 3 is 2.84 bits per heavy atom. The summed E-state index contributed by atoms with van der Waals surface area (Å²) in [4.78, 5) is 13.6. The van der Waals surface area contributed by atoms with Gasteiger partial charge in [-0.1, -0.05) is 12.1 Å². The van der Waals surface area contributed by atoms with Crippen LogP contribution >= 0.6 is 39.5 Å². The van der Waals surface area contributed by atoms with Gasteiger partial charge in [-0.25, -0.2) is 4.79 Å². The summed E-state index contributed by atoms with van der Waals surface area (Å²) < 4.78 is 8.02. The topological polar surface area (TPSA) is 68.2 Å². The summed E-state index contributed by atoms with van der Waals surface area (Å²) in [6.45, 7) is 4.69. The first-order chi connectivity index (χ1) is 14.9. The zero-order chi connectivity index (χ0) is 22.1. The van der Waals surface area contributed by atoms with Crippen LogP contribution in [-0.4, -0.2) is 28.0 Å². The number of thiocarbonyl (C=S) groups is 1.